The highest BCUT2D eigenvalue weighted by atomic mass is 32.2. The number of rotatable bonds is 11. The predicted molar refractivity (Wildman–Crippen MR) is 130 cm³/mol. The second-order valence-corrected chi connectivity index (χ2v) is 8.70. The number of nitrogens with one attached hydrogen (secondary N) is 1. The Balaban J connectivity index is 2.26. The van der Waals surface area contributed by atoms with Gasteiger partial charge in [0.25, 0.3) is 0 Å². The Morgan fingerprint density at radius 2 is 1.74 bits per heavy atom. The number of ether oxygens (including phenoxy) is 3. The largest absolute Gasteiger partial charge is 0.489 e. The number of carbonyl (C=O) groups excluding carboxylic acids is 4. The number of carbonyl (C=O) groups is 4. The highest BCUT2D eigenvalue weighted by Gasteiger charge is 2.41. The van der Waals surface area contributed by atoms with Crippen molar-refractivity contribution < 1.29 is 33.4 Å². The van der Waals surface area contributed by atoms with Crippen LogP contribution in [0.4, 0.5) is 10.5 Å². The van der Waals surface area contributed by atoms with Gasteiger partial charge in [-0.2, -0.15) is 0 Å². The van der Waals surface area contributed by atoms with Crippen LogP contribution in [0.3, 0.4) is 0 Å². The van der Waals surface area contributed by atoms with E-state index in [-0.39, 0.29) is 54.4 Å². The van der Waals surface area contributed by atoms with Crippen LogP contribution in [0, 0.1) is 0 Å². The molecule has 0 saturated carbocycles. The Labute approximate surface area is 202 Å². The molecule has 0 radical (unpaired) electrons. The van der Waals surface area contributed by atoms with E-state index in [1.165, 1.54) is 36.1 Å². The molecular formula is C24H28N2O7S. The number of likely N-dealkylation sites (tertiary alicyclic amines) is 1. The summed E-state index contributed by atoms with van der Waals surface area (Å²) in [6.45, 7) is 12.4. The Morgan fingerprint density at radius 3 is 2.38 bits per heavy atom. The molecule has 0 aliphatic carbocycles. The quantitative estimate of drug-likeness (QED) is 0.372. The van der Waals surface area contributed by atoms with Crippen molar-refractivity contribution >= 4 is 40.5 Å². The second-order valence-electron chi connectivity index (χ2n) is 7.22. The molecule has 0 unspecified atom stereocenters. The molecule has 182 valence electrons. The van der Waals surface area contributed by atoms with Crippen LogP contribution < -0.4 is 10.1 Å². The van der Waals surface area contributed by atoms with Crippen molar-refractivity contribution in [3.63, 3.8) is 0 Å². The number of esters is 1. The molecule has 1 aliphatic heterocycles. The van der Waals surface area contributed by atoms with Crippen LogP contribution in [0.5, 0.6) is 5.75 Å². The Kier molecular flexibility index (Phi) is 10.4. The molecule has 1 aromatic rings. The fourth-order valence-corrected chi connectivity index (χ4v) is 4.24. The molecule has 1 heterocycles. The lowest BCUT2D eigenvalue weighted by molar-refractivity contribution is -0.120. The van der Waals surface area contributed by atoms with Gasteiger partial charge in [0, 0.05) is 30.5 Å². The minimum Gasteiger partial charge on any atom is -0.489 e. The zero-order chi connectivity index (χ0) is 25.1. The summed E-state index contributed by atoms with van der Waals surface area (Å²) in [6.07, 6.45) is 3.99. The predicted octanol–water partition coefficient (Wildman–Crippen LogP) is 3.58. The average Bonchev–Trinajstić information content (AvgIpc) is 3.22. The number of amides is 2. The van der Waals surface area contributed by atoms with Gasteiger partial charge in [-0.05, 0) is 18.6 Å². The zero-order valence-corrected chi connectivity index (χ0v) is 19.8. The smallest absolute Gasteiger partial charge is 0.410 e. The van der Waals surface area contributed by atoms with Crippen LogP contribution in [-0.2, 0) is 19.1 Å². The summed E-state index contributed by atoms with van der Waals surface area (Å²) in [6, 6.07) is 3.60. The summed E-state index contributed by atoms with van der Waals surface area (Å²) in [5, 5.41) is 2.37. The van der Waals surface area contributed by atoms with E-state index >= 15 is 0 Å². The maximum absolute atomic E-state index is 13.2. The van der Waals surface area contributed by atoms with Crippen LogP contribution in [0.2, 0.25) is 0 Å². The standard InChI is InChI=1S/C24H28N2O7S/c1-5-8-31-19-12-17(23(29)32-9-6-2)11-18(13-19)25-22(28)21-14-20(34-16(4)27)15-26(21)24(30)33-10-7-3/h5-7,11-13,20-21H,1-3,8-10,14-15H2,4H3,(H,25,28)/t20-,21-/m0/s1. The van der Waals surface area contributed by atoms with Crippen molar-refractivity contribution in [2.75, 3.05) is 31.7 Å². The Bertz CT molecular complexity index is 963. The maximum Gasteiger partial charge on any atom is 0.410 e. The van der Waals surface area contributed by atoms with Gasteiger partial charge < -0.3 is 19.5 Å². The fourth-order valence-electron chi connectivity index (χ4n) is 3.25. The van der Waals surface area contributed by atoms with Crippen molar-refractivity contribution in [3.05, 3.63) is 61.7 Å². The zero-order valence-electron chi connectivity index (χ0n) is 19.0. The number of hydrogen-bond donors (Lipinski definition) is 1. The second kappa shape index (κ2) is 13.2. The maximum atomic E-state index is 13.2. The first-order valence-corrected chi connectivity index (χ1v) is 11.4. The molecule has 0 bridgehead atoms. The molecule has 2 atom stereocenters. The topological polar surface area (TPSA) is 111 Å². The van der Waals surface area contributed by atoms with Gasteiger partial charge in [-0.15, -0.1) is 0 Å². The molecule has 0 spiro atoms. The van der Waals surface area contributed by atoms with Crippen molar-refractivity contribution in [3.8, 4) is 5.75 Å². The summed E-state index contributed by atoms with van der Waals surface area (Å²) < 4.78 is 15.7. The van der Waals surface area contributed by atoms with Crippen LogP contribution in [0.15, 0.2) is 56.2 Å². The first-order chi connectivity index (χ1) is 16.3. The molecular weight excluding hydrogens is 460 g/mol. The van der Waals surface area contributed by atoms with E-state index in [0.29, 0.717) is 5.75 Å². The van der Waals surface area contributed by atoms with Crippen LogP contribution in [0.1, 0.15) is 23.7 Å². The number of benzene rings is 1. The van der Waals surface area contributed by atoms with Gasteiger partial charge >= 0.3 is 12.1 Å². The molecule has 9 nitrogen and oxygen atoms in total. The van der Waals surface area contributed by atoms with E-state index in [1.807, 2.05) is 0 Å². The van der Waals surface area contributed by atoms with Gasteiger partial charge in [0.15, 0.2) is 5.12 Å². The third-order valence-corrected chi connectivity index (χ3v) is 5.57. The highest BCUT2D eigenvalue weighted by molar-refractivity contribution is 8.14. The third kappa shape index (κ3) is 7.80. The van der Waals surface area contributed by atoms with Gasteiger partial charge in [-0.3, -0.25) is 14.5 Å². The van der Waals surface area contributed by atoms with Crippen LogP contribution >= 0.6 is 11.8 Å². The van der Waals surface area contributed by atoms with E-state index in [9.17, 15) is 19.2 Å². The Morgan fingerprint density at radius 1 is 1.06 bits per heavy atom. The van der Waals surface area contributed by atoms with Crippen molar-refractivity contribution in [2.45, 2.75) is 24.6 Å². The molecule has 1 aromatic carbocycles. The fraction of sp³-hybridized carbons (Fsp3) is 0.333. The molecule has 2 rings (SSSR count). The molecule has 1 aliphatic rings. The monoisotopic (exact) mass is 488 g/mol. The summed E-state index contributed by atoms with van der Waals surface area (Å²) in [5.74, 6) is -0.789. The third-order valence-electron chi connectivity index (χ3n) is 4.57. The summed E-state index contributed by atoms with van der Waals surface area (Å²) >= 11 is 1.07. The first kappa shape index (κ1) is 26.7. The average molecular weight is 489 g/mol. The minimum absolute atomic E-state index is 0.00689. The minimum atomic E-state index is -0.872. The molecule has 1 N–H and O–H groups in total. The molecule has 0 aromatic heterocycles. The van der Waals surface area contributed by atoms with Crippen molar-refractivity contribution in [1.82, 2.24) is 4.90 Å². The summed E-state index contributed by atoms with van der Waals surface area (Å²) in [4.78, 5) is 50.8. The SMILES string of the molecule is C=CCOC(=O)c1cc(NC(=O)[C@@H]2C[C@H](SC(C)=O)CN2C(=O)OCC=C)cc(OCC=C)c1. The van der Waals surface area contributed by atoms with Crippen molar-refractivity contribution in [1.29, 1.82) is 0 Å². The number of hydrogen-bond acceptors (Lipinski definition) is 8. The van der Waals surface area contributed by atoms with E-state index in [4.69, 9.17) is 14.2 Å². The molecule has 34 heavy (non-hydrogen) atoms. The van der Waals surface area contributed by atoms with Gasteiger partial charge in [0.2, 0.25) is 5.91 Å². The van der Waals surface area contributed by atoms with E-state index in [2.05, 4.69) is 25.1 Å². The highest BCUT2D eigenvalue weighted by Crippen LogP contribution is 2.30. The lowest BCUT2D eigenvalue weighted by Crippen LogP contribution is -2.43. The van der Waals surface area contributed by atoms with E-state index < -0.39 is 24.0 Å². The first-order valence-electron chi connectivity index (χ1n) is 10.5. The van der Waals surface area contributed by atoms with Gasteiger partial charge in [-0.1, -0.05) is 49.7 Å². The van der Waals surface area contributed by atoms with Crippen molar-refractivity contribution in [2.24, 2.45) is 0 Å². The van der Waals surface area contributed by atoms with Gasteiger partial charge in [-0.25, -0.2) is 9.59 Å². The summed E-state index contributed by atoms with van der Waals surface area (Å²) in [5.41, 5.74) is 0.441. The summed E-state index contributed by atoms with van der Waals surface area (Å²) in [7, 11) is 0. The number of thioether (sulfide) groups is 1. The number of nitrogens with zero attached hydrogens (tertiary/aromatic N) is 1. The lowest BCUT2D eigenvalue weighted by Gasteiger charge is -2.23. The molecule has 1 fully saturated rings. The molecule has 2 amide bonds. The van der Waals surface area contributed by atoms with Gasteiger partial charge in [0.05, 0.1) is 5.56 Å². The lowest BCUT2D eigenvalue weighted by atomic mass is 10.1. The van der Waals surface area contributed by atoms with Crippen LogP contribution in [0.25, 0.3) is 0 Å². The van der Waals surface area contributed by atoms with Crippen LogP contribution in [-0.4, -0.2) is 65.6 Å². The van der Waals surface area contributed by atoms with E-state index in [1.54, 1.807) is 12.1 Å². The van der Waals surface area contributed by atoms with E-state index in [0.717, 1.165) is 11.8 Å². The molecule has 1 saturated heterocycles. The normalized spacial score (nSPS) is 16.8. The number of anilines is 1. The molecule has 10 heteroatoms. The Hall–Kier alpha value is -3.53. The van der Waals surface area contributed by atoms with Gasteiger partial charge in [0.1, 0.15) is 31.6 Å².